The average molecular weight is 263 g/mol. The Hall–Kier alpha value is 0.440. The second-order valence-electron chi connectivity index (χ2n) is 4.75. The fourth-order valence-corrected chi connectivity index (χ4v) is 2.29. The fourth-order valence-electron chi connectivity index (χ4n) is 1.97. The van der Waals surface area contributed by atoms with E-state index in [1.165, 1.54) is 32.1 Å². The fraction of sp³-hybridized carbons (Fsp3) is 1.00. The van der Waals surface area contributed by atoms with Crippen molar-refractivity contribution >= 4 is 15.9 Å². The molecule has 0 radical (unpaired) electrons. The maximum Gasteiger partial charge on any atom is 0.0468 e. The molecule has 1 saturated heterocycles. The highest BCUT2D eigenvalue weighted by atomic mass is 79.9. The van der Waals surface area contributed by atoms with Crippen molar-refractivity contribution in [1.82, 2.24) is 0 Å². The summed E-state index contributed by atoms with van der Waals surface area (Å²) in [5.74, 6) is 1.71. The molecule has 1 rings (SSSR count). The zero-order chi connectivity index (χ0) is 10.4. The molecule has 0 spiro atoms. The van der Waals surface area contributed by atoms with Crippen LogP contribution in [0, 0.1) is 11.8 Å². The third-order valence-electron chi connectivity index (χ3n) is 3.16. The summed E-state index contributed by atoms with van der Waals surface area (Å²) in [6, 6.07) is 0. The Labute approximate surface area is 96.7 Å². The van der Waals surface area contributed by atoms with Crippen molar-refractivity contribution in [1.29, 1.82) is 0 Å². The van der Waals surface area contributed by atoms with Gasteiger partial charge in [-0.1, -0.05) is 42.6 Å². The number of rotatable bonds is 5. The zero-order valence-electron chi connectivity index (χ0n) is 9.47. The highest BCUT2D eigenvalue weighted by Gasteiger charge is 2.14. The van der Waals surface area contributed by atoms with Gasteiger partial charge in [-0.15, -0.1) is 0 Å². The predicted octanol–water partition coefficient (Wildman–Crippen LogP) is 4.00. The molecule has 14 heavy (non-hydrogen) atoms. The molecule has 1 nitrogen and oxygen atoms in total. The van der Waals surface area contributed by atoms with Crippen molar-refractivity contribution in [2.45, 2.75) is 50.8 Å². The number of halogens is 1. The van der Waals surface area contributed by atoms with Crippen LogP contribution in [0.25, 0.3) is 0 Å². The normalized spacial score (nSPS) is 21.4. The van der Waals surface area contributed by atoms with Crippen LogP contribution in [-0.4, -0.2) is 18.0 Å². The lowest BCUT2D eigenvalue weighted by atomic mass is 9.93. The maximum atomic E-state index is 5.36. The van der Waals surface area contributed by atoms with Gasteiger partial charge in [-0.25, -0.2) is 0 Å². The first-order valence-corrected chi connectivity index (χ1v) is 6.83. The minimum Gasteiger partial charge on any atom is -0.381 e. The van der Waals surface area contributed by atoms with Gasteiger partial charge < -0.3 is 4.74 Å². The van der Waals surface area contributed by atoms with Gasteiger partial charge in [-0.3, -0.25) is 0 Å². The van der Waals surface area contributed by atoms with Crippen molar-refractivity contribution in [3.05, 3.63) is 0 Å². The first kappa shape index (κ1) is 12.5. The zero-order valence-corrected chi connectivity index (χ0v) is 11.1. The monoisotopic (exact) mass is 262 g/mol. The number of alkyl halides is 1. The molecule has 0 aromatic heterocycles. The first-order chi connectivity index (χ1) is 6.70. The van der Waals surface area contributed by atoms with Crippen LogP contribution in [0.15, 0.2) is 0 Å². The number of hydrogen-bond donors (Lipinski definition) is 0. The summed E-state index contributed by atoms with van der Waals surface area (Å²) in [6.07, 6.45) is 6.68. The first-order valence-electron chi connectivity index (χ1n) is 5.92. The number of hydrogen-bond acceptors (Lipinski definition) is 1. The van der Waals surface area contributed by atoms with Crippen molar-refractivity contribution in [2.75, 3.05) is 13.2 Å². The van der Waals surface area contributed by atoms with Gasteiger partial charge in [0.25, 0.3) is 0 Å². The smallest absolute Gasteiger partial charge is 0.0468 e. The summed E-state index contributed by atoms with van der Waals surface area (Å²) in [4.78, 5) is 0.711. The van der Waals surface area contributed by atoms with Gasteiger partial charge in [-0.05, 0) is 31.1 Å². The van der Waals surface area contributed by atoms with E-state index < -0.39 is 0 Å². The molecule has 1 atom stereocenters. The second kappa shape index (κ2) is 6.84. The van der Waals surface area contributed by atoms with Crippen molar-refractivity contribution in [3.8, 4) is 0 Å². The third-order valence-corrected chi connectivity index (χ3v) is 4.67. The van der Waals surface area contributed by atoms with Crippen LogP contribution in [0.3, 0.4) is 0 Å². The lowest BCUT2D eigenvalue weighted by Crippen LogP contribution is -2.16. The molecular formula is C12H23BrO. The molecule has 0 aromatic carbocycles. The van der Waals surface area contributed by atoms with E-state index in [9.17, 15) is 0 Å². The minimum atomic E-state index is 0.711. The van der Waals surface area contributed by atoms with E-state index in [-0.39, 0.29) is 0 Å². The van der Waals surface area contributed by atoms with Gasteiger partial charge >= 0.3 is 0 Å². The van der Waals surface area contributed by atoms with E-state index in [2.05, 4.69) is 29.8 Å². The molecule has 2 heteroatoms. The Morgan fingerprint density at radius 3 is 2.50 bits per heavy atom. The van der Waals surface area contributed by atoms with E-state index in [1.807, 2.05) is 0 Å². The highest BCUT2D eigenvalue weighted by molar-refractivity contribution is 9.09. The lowest BCUT2D eigenvalue weighted by molar-refractivity contribution is 0.0631. The third kappa shape index (κ3) is 4.79. The van der Waals surface area contributed by atoms with Crippen LogP contribution in [0.4, 0.5) is 0 Å². The summed E-state index contributed by atoms with van der Waals surface area (Å²) < 4.78 is 5.36. The van der Waals surface area contributed by atoms with Crippen LogP contribution in [-0.2, 0) is 4.74 Å². The van der Waals surface area contributed by atoms with Crippen LogP contribution >= 0.6 is 15.9 Å². The average Bonchev–Trinajstić information content (AvgIpc) is 2.19. The Morgan fingerprint density at radius 2 is 1.93 bits per heavy atom. The van der Waals surface area contributed by atoms with Gasteiger partial charge in [0, 0.05) is 18.0 Å². The predicted molar refractivity (Wildman–Crippen MR) is 64.9 cm³/mol. The number of ether oxygens (including phenoxy) is 1. The molecule has 0 saturated carbocycles. The molecule has 1 unspecified atom stereocenters. The Balaban J connectivity index is 2.02. The second-order valence-corrected chi connectivity index (χ2v) is 5.92. The summed E-state index contributed by atoms with van der Waals surface area (Å²) in [6.45, 7) is 6.56. The van der Waals surface area contributed by atoms with E-state index in [4.69, 9.17) is 4.74 Å². The standard InChI is InChI=1S/C12H23BrO/c1-10(2)12(13)5-3-4-11-6-8-14-9-7-11/h10-12H,3-9H2,1-2H3. The molecule has 0 aromatic rings. The topological polar surface area (TPSA) is 9.23 Å². The van der Waals surface area contributed by atoms with E-state index in [0.29, 0.717) is 4.83 Å². The molecule has 1 heterocycles. The Bertz CT molecular complexity index is 141. The molecule has 0 aliphatic carbocycles. The molecule has 1 fully saturated rings. The van der Waals surface area contributed by atoms with Crippen LogP contribution in [0.1, 0.15) is 46.0 Å². The minimum absolute atomic E-state index is 0.711. The lowest BCUT2D eigenvalue weighted by Gasteiger charge is -2.22. The van der Waals surface area contributed by atoms with Gasteiger partial charge in [0.15, 0.2) is 0 Å². The summed E-state index contributed by atoms with van der Waals surface area (Å²) in [5, 5.41) is 0. The van der Waals surface area contributed by atoms with E-state index in [0.717, 1.165) is 25.0 Å². The van der Waals surface area contributed by atoms with Crippen molar-refractivity contribution in [3.63, 3.8) is 0 Å². The molecule has 0 bridgehead atoms. The van der Waals surface area contributed by atoms with Gasteiger partial charge in [0.2, 0.25) is 0 Å². The van der Waals surface area contributed by atoms with Crippen LogP contribution in [0.2, 0.25) is 0 Å². The maximum absolute atomic E-state index is 5.36. The van der Waals surface area contributed by atoms with E-state index in [1.54, 1.807) is 0 Å². The summed E-state index contributed by atoms with van der Waals surface area (Å²) in [5.41, 5.74) is 0. The van der Waals surface area contributed by atoms with E-state index >= 15 is 0 Å². The van der Waals surface area contributed by atoms with Gasteiger partial charge in [0.1, 0.15) is 0 Å². The van der Waals surface area contributed by atoms with Crippen LogP contribution in [0.5, 0.6) is 0 Å². The van der Waals surface area contributed by atoms with Gasteiger partial charge in [0.05, 0.1) is 0 Å². The highest BCUT2D eigenvalue weighted by Crippen LogP contribution is 2.24. The van der Waals surface area contributed by atoms with Crippen LogP contribution < -0.4 is 0 Å². The largest absolute Gasteiger partial charge is 0.381 e. The molecule has 84 valence electrons. The molecule has 1 aliphatic heterocycles. The van der Waals surface area contributed by atoms with Crippen molar-refractivity contribution < 1.29 is 4.74 Å². The molecule has 0 N–H and O–H groups in total. The quantitative estimate of drug-likeness (QED) is 0.681. The van der Waals surface area contributed by atoms with Crippen molar-refractivity contribution in [2.24, 2.45) is 11.8 Å². The molecule has 0 amide bonds. The molecule has 1 aliphatic rings. The Kier molecular flexibility index (Phi) is 6.11. The molecular weight excluding hydrogens is 240 g/mol. The Morgan fingerprint density at radius 1 is 1.29 bits per heavy atom. The summed E-state index contributed by atoms with van der Waals surface area (Å²) in [7, 11) is 0. The summed E-state index contributed by atoms with van der Waals surface area (Å²) >= 11 is 3.74. The SMILES string of the molecule is CC(C)C(Br)CCCC1CCOCC1. The van der Waals surface area contributed by atoms with Gasteiger partial charge in [-0.2, -0.15) is 0 Å².